The molecule has 1 aliphatic rings. The maximum absolute atomic E-state index is 12.0. The minimum absolute atomic E-state index is 0.0528. The number of amides is 2. The van der Waals surface area contributed by atoms with Crippen LogP contribution in [0.2, 0.25) is 0 Å². The number of morpholine rings is 1. The van der Waals surface area contributed by atoms with Crippen LogP contribution in [0, 0.1) is 13.8 Å². The van der Waals surface area contributed by atoms with Crippen molar-refractivity contribution in [3.8, 4) is 0 Å². The van der Waals surface area contributed by atoms with Crippen LogP contribution < -0.4 is 10.6 Å². The van der Waals surface area contributed by atoms with E-state index in [0.29, 0.717) is 6.54 Å². The summed E-state index contributed by atoms with van der Waals surface area (Å²) in [7, 11) is 1.92. The molecule has 0 bridgehead atoms. The zero-order valence-electron chi connectivity index (χ0n) is 14.7. The fourth-order valence-electron chi connectivity index (χ4n) is 3.07. The van der Waals surface area contributed by atoms with Gasteiger partial charge in [0.2, 0.25) is 0 Å². The van der Waals surface area contributed by atoms with Crippen molar-refractivity contribution in [2.24, 2.45) is 7.05 Å². The number of carbonyl (C=O) groups is 1. The standard InChI is InChI=1S/C16H29N5O2/c1-12(15-13(2)19-20(4)14(15)3)18-16(22)17-6-5-7-21-8-10-23-11-9-21/h12H,5-11H2,1-4H3,(H2,17,18,22). The first-order valence-electron chi connectivity index (χ1n) is 8.33. The van der Waals surface area contributed by atoms with Gasteiger partial charge in [-0.1, -0.05) is 0 Å². The molecule has 2 rings (SSSR count). The molecular weight excluding hydrogens is 294 g/mol. The molecule has 0 spiro atoms. The van der Waals surface area contributed by atoms with Crippen LogP contribution in [0.15, 0.2) is 0 Å². The molecule has 0 aliphatic carbocycles. The summed E-state index contributed by atoms with van der Waals surface area (Å²) in [5.74, 6) is 0. The quantitative estimate of drug-likeness (QED) is 0.770. The minimum Gasteiger partial charge on any atom is -0.379 e. The molecule has 2 heterocycles. The molecule has 0 radical (unpaired) electrons. The zero-order valence-corrected chi connectivity index (χ0v) is 14.7. The van der Waals surface area contributed by atoms with E-state index in [1.54, 1.807) is 0 Å². The van der Waals surface area contributed by atoms with E-state index in [1.165, 1.54) is 0 Å². The lowest BCUT2D eigenvalue weighted by atomic mass is 10.1. The Hall–Kier alpha value is -1.60. The molecule has 7 heteroatoms. The van der Waals surface area contributed by atoms with Crippen molar-refractivity contribution < 1.29 is 9.53 Å². The maximum Gasteiger partial charge on any atom is 0.315 e. The number of carbonyl (C=O) groups excluding carboxylic acids is 1. The summed E-state index contributed by atoms with van der Waals surface area (Å²) < 4.78 is 7.17. The highest BCUT2D eigenvalue weighted by atomic mass is 16.5. The Kier molecular flexibility index (Phi) is 6.41. The molecule has 1 saturated heterocycles. The Balaban J connectivity index is 1.69. The predicted octanol–water partition coefficient (Wildman–Crippen LogP) is 1.12. The van der Waals surface area contributed by atoms with Crippen LogP contribution in [0.3, 0.4) is 0 Å². The SMILES string of the molecule is Cc1nn(C)c(C)c1C(C)NC(=O)NCCCN1CCOCC1. The summed E-state index contributed by atoms with van der Waals surface area (Å²) in [6.45, 7) is 11.3. The molecule has 0 saturated carbocycles. The summed E-state index contributed by atoms with van der Waals surface area (Å²) >= 11 is 0. The molecule has 1 aromatic heterocycles. The minimum atomic E-state index is -0.123. The first kappa shape index (κ1) is 17.7. The Morgan fingerprint density at radius 2 is 2.04 bits per heavy atom. The van der Waals surface area contributed by atoms with Crippen LogP contribution in [0.5, 0.6) is 0 Å². The van der Waals surface area contributed by atoms with E-state index in [-0.39, 0.29) is 12.1 Å². The van der Waals surface area contributed by atoms with Crippen molar-refractivity contribution in [3.63, 3.8) is 0 Å². The van der Waals surface area contributed by atoms with Crippen molar-refractivity contribution >= 4 is 6.03 Å². The van der Waals surface area contributed by atoms with E-state index in [1.807, 2.05) is 32.5 Å². The number of aromatic nitrogens is 2. The molecule has 1 aromatic rings. The van der Waals surface area contributed by atoms with E-state index in [2.05, 4.69) is 20.6 Å². The number of hydrogen-bond acceptors (Lipinski definition) is 4. The average molecular weight is 323 g/mol. The van der Waals surface area contributed by atoms with Crippen LogP contribution in [-0.2, 0) is 11.8 Å². The highest BCUT2D eigenvalue weighted by Crippen LogP contribution is 2.20. The Labute approximate surface area is 138 Å². The number of rotatable bonds is 6. The van der Waals surface area contributed by atoms with Crippen molar-refractivity contribution in [3.05, 3.63) is 17.0 Å². The summed E-state index contributed by atoms with van der Waals surface area (Å²) in [4.78, 5) is 14.4. The third-order valence-corrected chi connectivity index (χ3v) is 4.39. The Bertz CT molecular complexity index is 523. The molecule has 7 nitrogen and oxygen atoms in total. The van der Waals surface area contributed by atoms with Gasteiger partial charge in [-0.2, -0.15) is 5.10 Å². The van der Waals surface area contributed by atoms with Gasteiger partial charge in [0.15, 0.2) is 0 Å². The average Bonchev–Trinajstić information content (AvgIpc) is 2.77. The number of ether oxygens (including phenoxy) is 1. The van der Waals surface area contributed by atoms with Crippen molar-refractivity contribution in [2.75, 3.05) is 39.4 Å². The Morgan fingerprint density at radius 3 is 2.65 bits per heavy atom. The number of nitrogens with one attached hydrogen (secondary N) is 2. The van der Waals surface area contributed by atoms with Gasteiger partial charge in [-0.05, 0) is 33.7 Å². The summed E-state index contributed by atoms with van der Waals surface area (Å²) in [6.07, 6.45) is 0.951. The highest BCUT2D eigenvalue weighted by Gasteiger charge is 2.18. The second-order valence-corrected chi connectivity index (χ2v) is 6.14. The van der Waals surface area contributed by atoms with Crippen molar-refractivity contribution in [2.45, 2.75) is 33.2 Å². The molecule has 23 heavy (non-hydrogen) atoms. The lowest BCUT2D eigenvalue weighted by Gasteiger charge is -2.26. The summed E-state index contributed by atoms with van der Waals surface area (Å²) in [5.41, 5.74) is 3.14. The molecule has 1 atom stereocenters. The monoisotopic (exact) mass is 323 g/mol. The van der Waals surface area contributed by atoms with Crippen LogP contribution in [0.1, 0.15) is 36.3 Å². The van der Waals surface area contributed by atoms with Crippen molar-refractivity contribution in [1.82, 2.24) is 25.3 Å². The van der Waals surface area contributed by atoms with Crippen molar-refractivity contribution in [1.29, 1.82) is 0 Å². The van der Waals surface area contributed by atoms with Gasteiger partial charge in [-0.15, -0.1) is 0 Å². The van der Waals surface area contributed by atoms with E-state index in [9.17, 15) is 4.79 Å². The summed E-state index contributed by atoms with van der Waals surface area (Å²) in [5, 5.41) is 10.3. The third-order valence-electron chi connectivity index (χ3n) is 4.39. The third kappa shape index (κ3) is 4.94. The van der Waals surface area contributed by atoms with Gasteiger partial charge < -0.3 is 15.4 Å². The van der Waals surface area contributed by atoms with Gasteiger partial charge in [0.05, 0.1) is 24.9 Å². The van der Waals surface area contributed by atoms with Crippen LogP contribution >= 0.6 is 0 Å². The number of aryl methyl sites for hydroxylation is 2. The number of hydrogen-bond donors (Lipinski definition) is 2. The second kappa shape index (κ2) is 8.31. The van der Waals surface area contributed by atoms with Gasteiger partial charge in [0.1, 0.15) is 0 Å². The molecular formula is C16H29N5O2. The Morgan fingerprint density at radius 1 is 1.35 bits per heavy atom. The largest absolute Gasteiger partial charge is 0.379 e. The van der Waals surface area contributed by atoms with E-state index in [4.69, 9.17) is 4.74 Å². The second-order valence-electron chi connectivity index (χ2n) is 6.14. The normalized spacial score (nSPS) is 17.0. The zero-order chi connectivity index (χ0) is 16.8. The first-order chi connectivity index (χ1) is 11.0. The molecule has 1 unspecified atom stereocenters. The number of nitrogens with zero attached hydrogens (tertiary/aromatic N) is 3. The fourth-order valence-corrected chi connectivity index (χ4v) is 3.07. The number of urea groups is 1. The molecule has 130 valence electrons. The van der Waals surface area contributed by atoms with Crippen LogP contribution in [0.4, 0.5) is 4.79 Å². The van der Waals surface area contributed by atoms with Gasteiger partial charge in [0, 0.05) is 37.9 Å². The van der Waals surface area contributed by atoms with Crippen LogP contribution in [0.25, 0.3) is 0 Å². The summed E-state index contributed by atoms with van der Waals surface area (Å²) in [6, 6.07) is -0.176. The van der Waals surface area contributed by atoms with Gasteiger partial charge >= 0.3 is 6.03 Å². The molecule has 1 aliphatic heterocycles. The van der Waals surface area contributed by atoms with Crippen LogP contribution in [-0.4, -0.2) is 60.1 Å². The van der Waals surface area contributed by atoms with Gasteiger partial charge in [-0.3, -0.25) is 9.58 Å². The van der Waals surface area contributed by atoms with Gasteiger partial charge in [0.25, 0.3) is 0 Å². The molecule has 0 aromatic carbocycles. The lowest BCUT2D eigenvalue weighted by Crippen LogP contribution is -2.40. The van der Waals surface area contributed by atoms with E-state index < -0.39 is 0 Å². The molecule has 2 N–H and O–H groups in total. The predicted molar refractivity (Wildman–Crippen MR) is 89.5 cm³/mol. The van der Waals surface area contributed by atoms with Gasteiger partial charge in [-0.25, -0.2) is 4.79 Å². The lowest BCUT2D eigenvalue weighted by molar-refractivity contribution is 0.0375. The smallest absolute Gasteiger partial charge is 0.315 e. The molecule has 2 amide bonds. The van der Waals surface area contributed by atoms with E-state index in [0.717, 1.165) is 56.2 Å². The maximum atomic E-state index is 12.0. The molecule has 1 fully saturated rings. The fraction of sp³-hybridized carbons (Fsp3) is 0.750. The first-order valence-corrected chi connectivity index (χ1v) is 8.33. The topological polar surface area (TPSA) is 71.4 Å². The van der Waals surface area contributed by atoms with E-state index >= 15 is 0 Å². The highest BCUT2D eigenvalue weighted by molar-refractivity contribution is 5.74.